The van der Waals surface area contributed by atoms with Crippen molar-refractivity contribution in [1.82, 2.24) is 0 Å². The zero-order chi connectivity index (χ0) is 70.4. The van der Waals surface area contributed by atoms with Gasteiger partial charge >= 0.3 is 25.7 Å². The number of phosphoric ester groups is 1. The maximum atomic E-state index is 14.3. The quantitative estimate of drug-likeness (QED) is 0.00513. The van der Waals surface area contributed by atoms with E-state index in [4.69, 9.17) is 42.2 Å². The molecule has 1 saturated carbocycles. The van der Waals surface area contributed by atoms with E-state index in [-0.39, 0.29) is 12.8 Å². The molecule has 96 heavy (non-hydrogen) atoms. The van der Waals surface area contributed by atoms with Crippen molar-refractivity contribution in [2.45, 2.75) is 369 Å². The number of ether oxygens (including phenoxy) is 7. The van der Waals surface area contributed by atoms with E-state index >= 15 is 0 Å². The molecule has 0 aromatic rings. The number of hydrogen-bond donors (Lipinski definition) is 11. The minimum atomic E-state index is -5.72. The zero-order valence-electron chi connectivity index (χ0n) is 58.2. The van der Waals surface area contributed by atoms with Crippen molar-refractivity contribution >= 4 is 25.7 Å². The number of allylic oxidation sites excluding steroid dienone is 5. The molecule has 1 aliphatic carbocycles. The highest BCUT2D eigenvalue weighted by molar-refractivity contribution is 7.47. The first kappa shape index (κ1) is 87.4. The Kier molecular flexibility index (Phi) is 48.3. The summed E-state index contributed by atoms with van der Waals surface area (Å²) in [5.74, 6) is -2.26. The van der Waals surface area contributed by atoms with Gasteiger partial charge in [-0.3, -0.25) is 18.6 Å². The van der Waals surface area contributed by atoms with E-state index in [1.807, 2.05) is 6.08 Å². The Hall–Kier alpha value is -2.82. The van der Waals surface area contributed by atoms with Crippen LogP contribution in [-0.2, 0) is 61.2 Å². The standard InChI is InChI=1S/C71H127O24P/c1-4-7-10-13-16-19-22-25-26-29-32-35-38-41-44-47-57(75)90-52(49-87-55(73)45-42-39-36-33-30-27-23-20-17-14-11-8-5-2)50-89-96(85,86)95-69-67(93-70-65(83)60(78)58(76)53(48-72)91-70)63(81)62(80)64(82)68(69)94-71-66(84)61(79)59(77)54(92-71)51-88-56(74)46-43-40-37-34-31-28-24-21-18-15-12-9-6-3/h28,31,38,41,44,47,52-54,58-72,76-84H,4-27,29-30,32-37,39-40,42-43,45-46,48-51H2,1-3H3,(H,85,86)/b31-28-,41-38+,47-44+. The number of carbonyl (C=O) groups excluding carboxylic acids is 3. The molecule has 3 aliphatic rings. The predicted molar refractivity (Wildman–Crippen MR) is 361 cm³/mol. The average molecular weight is 1400 g/mol. The number of phosphoric acid groups is 1. The summed E-state index contributed by atoms with van der Waals surface area (Å²) in [4.78, 5) is 50.8. The molecule has 18 atom stereocenters. The molecule has 0 aromatic heterocycles. The van der Waals surface area contributed by atoms with Gasteiger partial charge in [0, 0.05) is 18.9 Å². The Morgan fingerprint density at radius 1 is 0.427 bits per heavy atom. The lowest BCUT2D eigenvalue weighted by molar-refractivity contribution is -0.360. The first-order valence-electron chi connectivity index (χ1n) is 36.8. The predicted octanol–water partition coefficient (Wildman–Crippen LogP) is 9.51. The monoisotopic (exact) mass is 1390 g/mol. The van der Waals surface area contributed by atoms with Crippen LogP contribution in [0.4, 0.5) is 0 Å². The Balaban J connectivity index is 1.77. The van der Waals surface area contributed by atoms with Gasteiger partial charge in [-0.05, 0) is 51.4 Å². The van der Waals surface area contributed by atoms with Crippen molar-refractivity contribution in [3.05, 3.63) is 36.5 Å². The van der Waals surface area contributed by atoms with Gasteiger partial charge in [0.05, 0.1) is 13.2 Å². The second-order valence-electron chi connectivity index (χ2n) is 26.4. The smallest absolute Gasteiger partial charge is 0.463 e. The zero-order valence-corrected chi connectivity index (χ0v) is 59.0. The maximum Gasteiger partial charge on any atom is 0.472 e. The summed E-state index contributed by atoms with van der Waals surface area (Å²) in [5.41, 5.74) is 0. The molecule has 2 heterocycles. The average Bonchev–Trinajstić information content (AvgIpc) is 0.764. The highest BCUT2D eigenvalue weighted by atomic mass is 31.2. The Morgan fingerprint density at radius 3 is 1.25 bits per heavy atom. The van der Waals surface area contributed by atoms with E-state index in [0.29, 0.717) is 12.8 Å². The van der Waals surface area contributed by atoms with Crippen LogP contribution >= 0.6 is 7.82 Å². The molecular formula is C71H127O24P. The fourth-order valence-corrected chi connectivity index (χ4v) is 12.9. The van der Waals surface area contributed by atoms with Gasteiger partial charge in [-0.15, -0.1) is 0 Å². The molecule has 24 nitrogen and oxygen atoms in total. The van der Waals surface area contributed by atoms with Crippen molar-refractivity contribution in [2.24, 2.45) is 0 Å². The van der Waals surface area contributed by atoms with E-state index in [1.165, 1.54) is 134 Å². The summed E-state index contributed by atoms with van der Waals surface area (Å²) in [7, 11) is -5.72. The molecule has 3 rings (SSSR count). The van der Waals surface area contributed by atoms with Gasteiger partial charge in [0.25, 0.3) is 0 Å². The van der Waals surface area contributed by atoms with Crippen molar-refractivity contribution < 1.29 is 117 Å². The van der Waals surface area contributed by atoms with Gasteiger partial charge in [-0.2, -0.15) is 0 Å². The van der Waals surface area contributed by atoms with E-state index in [9.17, 15) is 74.9 Å². The second kappa shape index (κ2) is 53.1. The minimum absolute atomic E-state index is 0.00406. The molecule has 3 fully saturated rings. The van der Waals surface area contributed by atoms with Crippen LogP contribution in [0, 0.1) is 0 Å². The number of rotatable bonds is 56. The van der Waals surface area contributed by atoms with Crippen molar-refractivity contribution in [1.29, 1.82) is 0 Å². The summed E-state index contributed by atoms with van der Waals surface area (Å²) < 4.78 is 64.7. The topological polar surface area (TPSA) is 374 Å². The van der Waals surface area contributed by atoms with Crippen molar-refractivity contribution in [3.8, 4) is 0 Å². The fourth-order valence-electron chi connectivity index (χ4n) is 12.0. The number of carbonyl (C=O) groups is 3. The number of unbranched alkanes of at least 4 members (excludes halogenated alkanes) is 32. The maximum absolute atomic E-state index is 14.3. The summed E-state index contributed by atoms with van der Waals surface area (Å²) in [5, 5.41) is 110. The van der Waals surface area contributed by atoms with Gasteiger partial charge in [0.2, 0.25) is 0 Å². The van der Waals surface area contributed by atoms with Crippen LogP contribution in [0.1, 0.15) is 265 Å². The number of aliphatic hydroxyl groups excluding tert-OH is 10. The first-order chi connectivity index (χ1) is 46.3. The molecule has 0 amide bonds. The van der Waals surface area contributed by atoms with Gasteiger partial charge < -0.3 is 89.1 Å². The van der Waals surface area contributed by atoms with Crippen LogP contribution in [0.3, 0.4) is 0 Å². The number of aliphatic hydroxyl groups is 10. The molecule has 0 spiro atoms. The SMILES string of the molecule is CCCCCCCC/C=C\CCCCCC(=O)OCC1OC(OC2C(O)C(O)C(O)C(OC3OC(CO)C(O)C(O)C3O)C2OP(=O)(O)OCC(COC(=O)CCCCCCCCCCCCCCC)OC(=O)/C=C/C=C/CCCCCCCCCCCCC)C(O)C(O)C1O. The minimum Gasteiger partial charge on any atom is -0.463 e. The van der Waals surface area contributed by atoms with Crippen LogP contribution in [0.5, 0.6) is 0 Å². The van der Waals surface area contributed by atoms with Crippen LogP contribution < -0.4 is 0 Å². The summed E-state index contributed by atoms with van der Waals surface area (Å²) in [6.07, 6.45) is 14.4. The lowest BCUT2D eigenvalue weighted by Crippen LogP contribution is -2.69. The number of esters is 3. The number of hydrogen-bond acceptors (Lipinski definition) is 23. The summed E-state index contributed by atoms with van der Waals surface area (Å²) >= 11 is 0. The van der Waals surface area contributed by atoms with Gasteiger partial charge in [-0.1, -0.05) is 231 Å². The Labute approximate surface area is 572 Å². The molecule has 18 unspecified atom stereocenters. The molecule has 0 aromatic carbocycles. The van der Waals surface area contributed by atoms with E-state index in [1.54, 1.807) is 6.08 Å². The first-order valence-corrected chi connectivity index (χ1v) is 38.3. The largest absolute Gasteiger partial charge is 0.472 e. The van der Waals surface area contributed by atoms with Crippen molar-refractivity contribution in [3.63, 3.8) is 0 Å². The molecule has 2 aliphatic heterocycles. The third-order valence-corrected chi connectivity index (χ3v) is 19.0. The third kappa shape index (κ3) is 36.2. The van der Waals surface area contributed by atoms with Gasteiger partial charge in [-0.25, -0.2) is 9.36 Å². The van der Waals surface area contributed by atoms with Crippen molar-refractivity contribution in [2.75, 3.05) is 26.4 Å². The highest BCUT2D eigenvalue weighted by Gasteiger charge is 2.58. The molecule has 0 radical (unpaired) electrons. The van der Waals surface area contributed by atoms with Crippen LogP contribution in [-0.4, -0.2) is 204 Å². The van der Waals surface area contributed by atoms with Crippen LogP contribution in [0.2, 0.25) is 0 Å². The van der Waals surface area contributed by atoms with E-state index in [2.05, 4.69) is 32.9 Å². The Bertz CT molecular complexity index is 2140. The molecule has 0 bridgehead atoms. The van der Waals surface area contributed by atoms with E-state index in [0.717, 1.165) is 96.0 Å². The molecular weight excluding hydrogens is 1270 g/mol. The molecule has 560 valence electrons. The summed E-state index contributed by atoms with van der Waals surface area (Å²) in [6, 6.07) is 0. The van der Waals surface area contributed by atoms with Gasteiger partial charge in [0.1, 0.15) is 98.7 Å². The second-order valence-corrected chi connectivity index (χ2v) is 27.8. The third-order valence-electron chi connectivity index (χ3n) is 18.0. The summed E-state index contributed by atoms with van der Waals surface area (Å²) in [6.45, 7) is 3.30. The molecule has 11 N–H and O–H groups in total. The van der Waals surface area contributed by atoms with Gasteiger partial charge in [0.15, 0.2) is 18.7 Å². The lowest BCUT2D eigenvalue weighted by Gasteiger charge is -2.49. The Morgan fingerprint density at radius 2 is 0.802 bits per heavy atom. The highest BCUT2D eigenvalue weighted by Crippen LogP contribution is 2.49. The van der Waals surface area contributed by atoms with Crippen LogP contribution in [0.15, 0.2) is 36.5 Å². The lowest BCUT2D eigenvalue weighted by atomic mass is 9.84. The normalized spacial score (nSPS) is 28.1. The van der Waals surface area contributed by atoms with E-state index < -0.39 is 156 Å². The molecule has 25 heteroatoms. The fraction of sp³-hybridized carbons (Fsp3) is 0.873. The van der Waals surface area contributed by atoms with Crippen LogP contribution in [0.25, 0.3) is 0 Å². The molecule has 2 saturated heterocycles.